The summed E-state index contributed by atoms with van der Waals surface area (Å²) in [5, 5.41) is 23.7. The van der Waals surface area contributed by atoms with E-state index in [9.17, 15) is 19.8 Å². The first-order chi connectivity index (χ1) is 27.0. The lowest BCUT2D eigenvalue weighted by Crippen LogP contribution is -2.46. The van der Waals surface area contributed by atoms with Gasteiger partial charge in [0.1, 0.15) is 6.10 Å². The summed E-state index contributed by atoms with van der Waals surface area (Å²) in [7, 11) is 0. The van der Waals surface area contributed by atoms with E-state index < -0.39 is 18.2 Å². The summed E-state index contributed by atoms with van der Waals surface area (Å²) in [6.07, 6.45) is 49.3. The van der Waals surface area contributed by atoms with Crippen LogP contribution in [0.1, 0.15) is 239 Å². The number of hydrogen-bond acceptors (Lipinski definition) is 5. The zero-order valence-electron chi connectivity index (χ0n) is 36.6. The largest absolute Gasteiger partial charge is 0.462 e. The van der Waals surface area contributed by atoms with E-state index in [1.165, 1.54) is 122 Å². The molecule has 0 saturated heterocycles. The van der Waals surface area contributed by atoms with Crippen molar-refractivity contribution in [2.45, 2.75) is 257 Å². The van der Waals surface area contributed by atoms with Crippen molar-refractivity contribution >= 4 is 11.9 Å². The molecule has 0 bridgehead atoms. The van der Waals surface area contributed by atoms with Gasteiger partial charge in [0, 0.05) is 6.42 Å². The van der Waals surface area contributed by atoms with Crippen LogP contribution in [0.25, 0.3) is 0 Å². The number of ether oxygens (including phenoxy) is 1. The quantitative estimate of drug-likeness (QED) is 0.0326. The number of hydrogen-bond donors (Lipinski definition) is 3. The van der Waals surface area contributed by atoms with Gasteiger partial charge in [-0.25, -0.2) is 0 Å². The molecule has 3 N–H and O–H groups in total. The van der Waals surface area contributed by atoms with Crippen LogP contribution in [0.15, 0.2) is 36.5 Å². The Bertz CT molecular complexity index is 915. The maximum absolute atomic E-state index is 13.1. The van der Waals surface area contributed by atoms with Gasteiger partial charge in [-0.15, -0.1) is 0 Å². The Morgan fingerprint density at radius 2 is 0.982 bits per heavy atom. The van der Waals surface area contributed by atoms with Gasteiger partial charge < -0.3 is 20.3 Å². The lowest BCUT2D eigenvalue weighted by atomic mass is 10.0. The van der Waals surface area contributed by atoms with E-state index in [2.05, 4.69) is 50.4 Å². The third-order valence-corrected chi connectivity index (χ3v) is 10.8. The molecule has 0 spiro atoms. The molecule has 3 atom stereocenters. The van der Waals surface area contributed by atoms with Crippen molar-refractivity contribution in [2.24, 2.45) is 0 Å². The fourth-order valence-corrected chi connectivity index (χ4v) is 7.19. The molecule has 0 aliphatic carbocycles. The van der Waals surface area contributed by atoms with Gasteiger partial charge in [-0.2, -0.15) is 0 Å². The highest BCUT2D eigenvalue weighted by atomic mass is 16.5. The van der Waals surface area contributed by atoms with E-state index >= 15 is 0 Å². The molecule has 0 fully saturated rings. The summed E-state index contributed by atoms with van der Waals surface area (Å²) in [5.74, 6) is -0.507. The molecule has 0 saturated carbocycles. The molecule has 0 aliphatic heterocycles. The second kappa shape index (κ2) is 43.2. The van der Waals surface area contributed by atoms with Gasteiger partial charge in [-0.05, 0) is 44.9 Å². The minimum Gasteiger partial charge on any atom is -0.462 e. The number of esters is 1. The molecule has 0 heterocycles. The number of nitrogens with one attached hydrogen (secondary N) is 1. The van der Waals surface area contributed by atoms with Crippen LogP contribution in [0.2, 0.25) is 0 Å². The summed E-state index contributed by atoms with van der Waals surface area (Å²) in [4.78, 5) is 25.9. The molecule has 0 aromatic rings. The lowest BCUT2D eigenvalue weighted by molar-refractivity contribution is -0.151. The zero-order chi connectivity index (χ0) is 40.3. The number of rotatable bonds is 42. The summed E-state index contributed by atoms with van der Waals surface area (Å²) in [6.45, 7) is 6.32. The molecule has 0 rings (SSSR count). The monoisotopic (exact) mass is 774 g/mol. The van der Waals surface area contributed by atoms with Crippen molar-refractivity contribution in [3.8, 4) is 0 Å². The Morgan fingerprint density at radius 3 is 1.47 bits per heavy atom. The first-order valence-corrected chi connectivity index (χ1v) is 23.7. The third kappa shape index (κ3) is 38.7. The van der Waals surface area contributed by atoms with E-state index in [-0.39, 0.29) is 24.9 Å². The van der Waals surface area contributed by atoms with Crippen LogP contribution in [-0.4, -0.2) is 46.9 Å². The fraction of sp³-hybridized carbons (Fsp3) is 0.837. The van der Waals surface area contributed by atoms with Crippen LogP contribution in [0.5, 0.6) is 0 Å². The highest BCUT2D eigenvalue weighted by molar-refractivity contribution is 5.77. The summed E-state index contributed by atoms with van der Waals surface area (Å²) in [6, 6.07) is -0.708. The Hall–Kier alpha value is -1.92. The van der Waals surface area contributed by atoms with E-state index in [1.807, 2.05) is 12.2 Å². The predicted molar refractivity (Wildman–Crippen MR) is 236 cm³/mol. The third-order valence-electron chi connectivity index (χ3n) is 10.8. The van der Waals surface area contributed by atoms with Crippen molar-refractivity contribution in [3.63, 3.8) is 0 Å². The minimum atomic E-state index is -0.793. The molecule has 0 aromatic carbocycles. The normalized spacial score (nSPS) is 13.6. The van der Waals surface area contributed by atoms with E-state index in [0.717, 1.165) is 70.6 Å². The van der Waals surface area contributed by atoms with Gasteiger partial charge in [-0.1, -0.05) is 218 Å². The minimum absolute atomic E-state index is 0.0573. The van der Waals surface area contributed by atoms with Crippen molar-refractivity contribution < 1.29 is 24.5 Å². The lowest BCUT2D eigenvalue weighted by Gasteiger charge is -2.24. The Balaban J connectivity index is 4.49. The van der Waals surface area contributed by atoms with Crippen molar-refractivity contribution in [1.82, 2.24) is 5.32 Å². The van der Waals surface area contributed by atoms with E-state index in [0.29, 0.717) is 19.3 Å². The number of unbranched alkanes of at least 4 members (excludes halogenated alkanes) is 26. The number of carbonyl (C=O) groups is 2. The van der Waals surface area contributed by atoms with Crippen LogP contribution in [0.3, 0.4) is 0 Å². The van der Waals surface area contributed by atoms with Crippen LogP contribution >= 0.6 is 0 Å². The number of amides is 1. The van der Waals surface area contributed by atoms with Gasteiger partial charge in [0.05, 0.1) is 25.2 Å². The highest BCUT2D eigenvalue weighted by Crippen LogP contribution is 2.17. The molecule has 322 valence electrons. The van der Waals surface area contributed by atoms with Crippen molar-refractivity contribution in [3.05, 3.63) is 36.5 Å². The standard InChI is InChI=1S/C49H91NO5/c1-4-7-10-13-16-19-21-22-23-24-25-27-30-32-35-38-41-47(52)46(44-51)50-48(53)43-45(40-37-34-31-29-26-20-17-14-11-8-5-2)55-49(54)42-39-36-33-28-18-15-12-9-6-3/h8,11,14,17,20,26,45-47,51-52H,4-7,9-10,12-13,15-16,18-19,21-25,27-44H2,1-3H3,(H,50,53)/b11-8+,17-14+,26-20-. The molecule has 3 unspecified atom stereocenters. The number of aliphatic hydroxyl groups excluding tert-OH is 2. The van der Waals surface area contributed by atoms with Gasteiger partial charge in [0.25, 0.3) is 0 Å². The van der Waals surface area contributed by atoms with E-state index in [1.54, 1.807) is 0 Å². The Kier molecular flexibility index (Phi) is 41.7. The molecule has 1 amide bonds. The summed E-state index contributed by atoms with van der Waals surface area (Å²) < 4.78 is 5.87. The topological polar surface area (TPSA) is 95.9 Å². The first kappa shape index (κ1) is 53.1. The van der Waals surface area contributed by atoms with Gasteiger partial charge in [-0.3, -0.25) is 9.59 Å². The maximum Gasteiger partial charge on any atom is 0.306 e. The van der Waals surface area contributed by atoms with Crippen LogP contribution in [0.4, 0.5) is 0 Å². The van der Waals surface area contributed by atoms with Gasteiger partial charge in [0.15, 0.2) is 0 Å². The molecule has 0 aromatic heterocycles. The summed E-state index contributed by atoms with van der Waals surface area (Å²) >= 11 is 0. The van der Waals surface area contributed by atoms with E-state index in [4.69, 9.17) is 4.74 Å². The predicted octanol–water partition coefficient (Wildman–Crippen LogP) is 13.7. The van der Waals surface area contributed by atoms with Crippen LogP contribution < -0.4 is 5.32 Å². The number of allylic oxidation sites excluding steroid dienone is 6. The highest BCUT2D eigenvalue weighted by Gasteiger charge is 2.24. The van der Waals surface area contributed by atoms with Crippen molar-refractivity contribution in [1.29, 1.82) is 0 Å². The zero-order valence-corrected chi connectivity index (χ0v) is 36.6. The van der Waals surface area contributed by atoms with Crippen molar-refractivity contribution in [2.75, 3.05) is 6.61 Å². The Morgan fingerprint density at radius 1 is 0.545 bits per heavy atom. The molecular formula is C49H91NO5. The second-order valence-electron chi connectivity index (χ2n) is 16.2. The van der Waals surface area contributed by atoms with Crippen LogP contribution in [-0.2, 0) is 14.3 Å². The SMILES string of the molecule is CC/C=C/C=C/C=C\CCCCCC(CC(=O)NC(CO)C(O)CCCCCCCCCCCCCCCCCC)OC(=O)CCCCCCCCCCC. The van der Waals surface area contributed by atoms with Gasteiger partial charge in [0.2, 0.25) is 5.91 Å². The summed E-state index contributed by atoms with van der Waals surface area (Å²) in [5.41, 5.74) is 0. The average Bonchev–Trinajstić information content (AvgIpc) is 3.18. The smallest absolute Gasteiger partial charge is 0.306 e. The van der Waals surface area contributed by atoms with Gasteiger partial charge >= 0.3 is 5.97 Å². The second-order valence-corrected chi connectivity index (χ2v) is 16.2. The number of carbonyl (C=O) groups excluding carboxylic acids is 2. The average molecular weight is 774 g/mol. The molecule has 6 heteroatoms. The molecule has 55 heavy (non-hydrogen) atoms. The molecule has 0 aliphatic rings. The maximum atomic E-state index is 13.1. The number of aliphatic hydroxyl groups is 2. The molecule has 6 nitrogen and oxygen atoms in total. The first-order valence-electron chi connectivity index (χ1n) is 23.7. The van der Waals surface area contributed by atoms with Crippen LogP contribution in [0, 0.1) is 0 Å². The molecular weight excluding hydrogens is 683 g/mol. The fourth-order valence-electron chi connectivity index (χ4n) is 7.19. The molecule has 0 radical (unpaired) electrons. The Labute approximate surface area is 341 Å².